The van der Waals surface area contributed by atoms with Gasteiger partial charge in [0.05, 0.1) is 40.6 Å². The van der Waals surface area contributed by atoms with Crippen LogP contribution in [0.1, 0.15) is 68.0 Å². The Morgan fingerprint density at radius 2 is 1.77 bits per heavy atom. The van der Waals surface area contributed by atoms with Gasteiger partial charge in [-0.3, -0.25) is 24.4 Å². The fourth-order valence-electron chi connectivity index (χ4n) is 9.96. The lowest BCUT2D eigenvalue weighted by molar-refractivity contribution is -0.134. The van der Waals surface area contributed by atoms with Crippen LogP contribution in [0.25, 0.3) is 21.8 Å². The number of aromatic nitrogens is 5. The summed E-state index contributed by atoms with van der Waals surface area (Å²) >= 11 is 6.61. The molecule has 1 aliphatic carbocycles. The Hall–Kier alpha value is -5.42. The SMILES string of the molecule is Cn1nc(C2CCC(=O)NC2=O)c2ccc([C@H]3CCN(CC4CCN(c5ncc(Cl)c(Nc6ccc7c(c6)c6c(c(=O)n7C)OCC(F)(F)[C@H](C7CC7)N6)n5)CC4)C[C@@H]3F)cc21. The minimum Gasteiger partial charge on any atom is -0.480 e. The van der Waals surface area contributed by atoms with E-state index < -0.39 is 36.2 Å². The number of fused-ring (bicyclic) bond motifs is 4. The zero-order valence-electron chi connectivity index (χ0n) is 34.5. The second-order valence-corrected chi connectivity index (χ2v) is 18.1. The van der Waals surface area contributed by atoms with E-state index in [9.17, 15) is 14.4 Å². The van der Waals surface area contributed by atoms with Gasteiger partial charge in [0.1, 0.15) is 11.2 Å². The van der Waals surface area contributed by atoms with Crippen LogP contribution in [-0.2, 0) is 23.7 Å². The molecule has 0 radical (unpaired) electrons. The molecule has 0 spiro atoms. The predicted molar refractivity (Wildman–Crippen MR) is 230 cm³/mol. The molecule has 7 heterocycles. The van der Waals surface area contributed by atoms with E-state index in [1.54, 1.807) is 36.1 Å². The van der Waals surface area contributed by atoms with Crippen molar-refractivity contribution in [1.29, 1.82) is 0 Å². The lowest BCUT2D eigenvalue weighted by atomic mass is 9.86. The molecule has 18 heteroatoms. The highest BCUT2D eigenvalue weighted by Gasteiger charge is 2.51. The summed E-state index contributed by atoms with van der Waals surface area (Å²) in [4.78, 5) is 51.2. The monoisotopic (exact) mass is 872 g/mol. The third kappa shape index (κ3) is 7.50. The summed E-state index contributed by atoms with van der Waals surface area (Å²) in [5.41, 5.74) is 3.35. The molecular formula is C44H48ClF3N10O4. The van der Waals surface area contributed by atoms with Crippen molar-refractivity contribution >= 4 is 68.4 Å². The van der Waals surface area contributed by atoms with Crippen molar-refractivity contribution in [2.75, 3.05) is 54.9 Å². The van der Waals surface area contributed by atoms with E-state index >= 15 is 13.2 Å². The smallest absolute Gasteiger partial charge is 0.301 e. The first-order valence-corrected chi connectivity index (χ1v) is 21.8. The standard InChI is InChI=1S/C44H48ClF3N10O4/c1-55-33-9-6-26(18-30(33)37-38(42(55)61)62-22-44(47,48)39(52-37)24-3-4-24)50-40-31(45)19-49-43(53-40)58-15-11-23(12-16-58)20-57-14-13-27(32(46)21-57)25-5-7-28-34(17-25)56(2)54-36(28)29-8-10-35(59)51-41(29)60/h5-7,9,17-19,23-24,27,29,32,39,52H,3-4,8,10-16,20-22H2,1-2H3,(H,49,50,53)(H,51,59,60)/t27-,29?,32+,39+/m1/s1. The van der Waals surface area contributed by atoms with Gasteiger partial charge in [0, 0.05) is 69.1 Å². The molecule has 3 aromatic heterocycles. The van der Waals surface area contributed by atoms with Gasteiger partial charge in [-0.2, -0.15) is 10.1 Å². The first-order valence-electron chi connectivity index (χ1n) is 21.5. The molecule has 5 aromatic rings. The van der Waals surface area contributed by atoms with Gasteiger partial charge >= 0.3 is 5.92 Å². The van der Waals surface area contributed by atoms with Crippen LogP contribution in [0.4, 0.5) is 36.3 Å². The Bertz CT molecular complexity index is 2660. The topological polar surface area (TPSA) is 152 Å². The molecule has 62 heavy (non-hydrogen) atoms. The van der Waals surface area contributed by atoms with Crippen molar-refractivity contribution in [3.63, 3.8) is 0 Å². The number of rotatable bonds is 8. The summed E-state index contributed by atoms with van der Waals surface area (Å²) in [7, 11) is 3.42. The molecular weight excluding hydrogens is 825 g/mol. The maximum atomic E-state index is 16.0. The number of aryl methyl sites for hydroxylation is 2. The van der Waals surface area contributed by atoms with E-state index in [0.717, 1.165) is 55.5 Å². The number of carbonyl (C=O) groups excluding carboxylic acids is 2. The maximum absolute atomic E-state index is 16.0. The number of likely N-dealkylation sites (tertiary alicyclic amines) is 1. The van der Waals surface area contributed by atoms with E-state index in [2.05, 4.69) is 35.8 Å². The lowest BCUT2D eigenvalue weighted by Gasteiger charge is -2.39. The number of anilines is 4. The largest absolute Gasteiger partial charge is 0.480 e. The summed E-state index contributed by atoms with van der Waals surface area (Å²) < 4.78 is 54.9. The van der Waals surface area contributed by atoms with E-state index in [1.165, 1.54) is 4.57 Å². The number of hydrogen-bond donors (Lipinski definition) is 3. The van der Waals surface area contributed by atoms with Gasteiger partial charge in [-0.15, -0.1) is 0 Å². The molecule has 326 valence electrons. The molecule has 2 amide bonds. The number of piperidine rings is 3. The van der Waals surface area contributed by atoms with Gasteiger partial charge < -0.3 is 29.7 Å². The molecule has 3 N–H and O–H groups in total. The molecule has 1 saturated carbocycles. The Labute approximate surface area is 360 Å². The van der Waals surface area contributed by atoms with Crippen LogP contribution in [0.3, 0.4) is 0 Å². The fourth-order valence-corrected chi connectivity index (χ4v) is 10.1. The summed E-state index contributed by atoms with van der Waals surface area (Å²) in [5.74, 6) is -3.49. The molecule has 3 saturated heterocycles. The average molecular weight is 873 g/mol. The minimum atomic E-state index is -3.14. The number of benzene rings is 2. The Kier molecular flexibility index (Phi) is 10.3. The third-order valence-corrected chi connectivity index (χ3v) is 13.8. The van der Waals surface area contributed by atoms with Gasteiger partial charge in [0.25, 0.3) is 5.56 Å². The summed E-state index contributed by atoms with van der Waals surface area (Å²) in [6.07, 6.45) is 5.08. The van der Waals surface area contributed by atoms with Gasteiger partial charge in [-0.1, -0.05) is 23.7 Å². The number of pyridine rings is 1. The van der Waals surface area contributed by atoms with E-state index in [-0.39, 0.29) is 41.5 Å². The summed E-state index contributed by atoms with van der Waals surface area (Å²) in [6.45, 7) is 2.53. The number of nitrogens with one attached hydrogen (secondary N) is 3. The van der Waals surface area contributed by atoms with Gasteiger partial charge in [0.2, 0.25) is 23.5 Å². The number of nitrogens with zero attached hydrogens (tertiary/aromatic N) is 7. The first kappa shape index (κ1) is 40.6. The number of halogens is 4. The van der Waals surface area contributed by atoms with Gasteiger partial charge in [0.15, 0.2) is 12.4 Å². The third-order valence-electron chi connectivity index (χ3n) is 13.5. The molecule has 14 nitrogen and oxygen atoms in total. The van der Waals surface area contributed by atoms with Crippen LogP contribution in [0.2, 0.25) is 5.02 Å². The van der Waals surface area contributed by atoms with Crippen molar-refractivity contribution in [3.8, 4) is 5.75 Å². The van der Waals surface area contributed by atoms with Crippen LogP contribution in [-0.4, -0.2) is 98.5 Å². The maximum Gasteiger partial charge on any atom is 0.301 e. The minimum absolute atomic E-state index is 0.122. The van der Waals surface area contributed by atoms with Crippen LogP contribution in [0, 0.1) is 11.8 Å². The molecule has 4 fully saturated rings. The molecule has 5 aliphatic rings. The Balaban J connectivity index is 0.773. The molecule has 4 aliphatic heterocycles. The number of amides is 2. The van der Waals surface area contributed by atoms with Crippen molar-refractivity contribution < 1.29 is 27.5 Å². The summed E-state index contributed by atoms with van der Waals surface area (Å²) in [6, 6.07) is 10.1. The van der Waals surface area contributed by atoms with Crippen LogP contribution >= 0.6 is 11.6 Å². The number of hydrogen-bond acceptors (Lipinski definition) is 11. The first-order chi connectivity index (χ1) is 29.8. The van der Waals surface area contributed by atoms with E-state index in [4.69, 9.17) is 21.3 Å². The highest BCUT2D eigenvalue weighted by molar-refractivity contribution is 6.33. The van der Waals surface area contributed by atoms with Crippen LogP contribution < -0.4 is 31.1 Å². The molecule has 1 unspecified atom stereocenters. The second-order valence-electron chi connectivity index (χ2n) is 17.7. The summed E-state index contributed by atoms with van der Waals surface area (Å²) in [5, 5.41) is 15.1. The molecule has 10 rings (SSSR count). The van der Waals surface area contributed by atoms with Crippen LogP contribution in [0.5, 0.6) is 5.75 Å². The number of alkyl halides is 3. The highest BCUT2D eigenvalue weighted by Crippen LogP contribution is 2.46. The Morgan fingerprint density at radius 1 is 0.968 bits per heavy atom. The average Bonchev–Trinajstić information content (AvgIpc) is 4.06. The lowest BCUT2D eigenvalue weighted by Crippen LogP contribution is -2.45. The quantitative estimate of drug-likeness (QED) is 0.149. The van der Waals surface area contributed by atoms with Crippen molar-refractivity contribution in [2.24, 2.45) is 25.9 Å². The highest BCUT2D eigenvalue weighted by atomic mass is 35.5. The van der Waals surface area contributed by atoms with Gasteiger partial charge in [-0.25, -0.2) is 18.2 Å². The van der Waals surface area contributed by atoms with Crippen molar-refractivity contribution in [1.82, 2.24) is 34.5 Å². The van der Waals surface area contributed by atoms with Gasteiger partial charge in [-0.05, 0) is 86.7 Å². The Morgan fingerprint density at radius 3 is 2.53 bits per heavy atom. The molecule has 4 atom stereocenters. The second kappa shape index (κ2) is 15.7. The van der Waals surface area contributed by atoms with Crippen LogP contribution in [0.15, 0.2) is 47.4 Å². The van der Waals surface area contributed by atoms with E-state index in [0.29, 0.717) is 77.2 Å². The van der Waals surface area contributed by atoms with E-state index in [1.807, 2.05) is 25.2 Å². The number of imide groups is 1. The normalized spacial score (nSPS) is 24.6. The number of carbonyl (C=O) groups is 2. The van der Waals surface area contributed by atoms with Crippen molar-refractivity contribution in [2.45, 2.75) is 74.9 Å². The zero-order chi connectivity index (χ0) is 43.0. The zero-order valence-corrected chi connectivity index (χ0v) is 35.2. The molecule has 0 bridgehead atoms. The fraction of sp³-hybridized carbons (Fsp3) is 0.500. The molecule has 2 aromatic carbocycles. The number of ether oxygens (including phenoxy) is 1. The van der Waals surface area contributed by atoms with Crippen molar-refractivity contribution in [3.05, 3.63) is 69.2 Å². The predicted octanol–water partition coefficient (Wildman–Crippen LogP) is 6.39.